The van der Waals surface area contributed by atoms with Gasteiger partial charge in [-0.3, -0.25) is 14.5 Å². The molecule has 3 N–H and O–H groups in total. The minimum absolute atomic E-state index is 0.259. The molecule has 4 rings (SSSR count). The van der Waals surface area contributed by atoms with Crippen LogP contribution in [-0.2, 0) is 27.1 Å². The van der Waals surface area contributed by atoms with Gasteiger partial charge in [0.2, 0.25) is 15.9 Å². The Morgan fingerprint density at radius 3 is 2.44 bits per heavy atom. The summed E-state index contributed by atoms with van der Waals surface area (Å²) in [4.78, 5) is 16.7. The van der Waals surface area contributed by atoms with Crippen LogP contribution < -0.4 is 10.5 Å². The summed E-state index contributed by atoms with van der Waals surface area (Å²) < 4.78 is 24.2. The van der Waals surface area contributed by atoms with Crippen LogP contribution in [0, 0.1) is 0 Å². The number of hydrogen-bond acceptors (Lipinski definition) is 5. The zero-order chi connectivity index (χ0) is 24.0. The number of pyridine rings is 1. The molecule has 8 nitrogen and oxygen atoms in total. The monoisotopic (exact) mass is 473 g/mol. The lowest BCUT2D eigenvalue weighted by molar-refractivity contribution is -0.111. The molecule has 0 spiro atoms. The van der Waals surface area contributed by atoms with E-state index in [1.54, 1.807) is 42.7 Å². The number of carbonyl (C=O) groups excluding carboxylic acids is 1. The van der Waals surface area contributed by atoms with Gasteiger partial charge < -0.3 is 5.32 Å². The molecule has 0 saturated carbocycles. The molecule has 172 valence electrons. The molecule has 0 fully saturated rings. The number of hydrogen-bond donors (Lipinski definition) is 2. The Bertz CT molecular complexity index is 1400. The lowest BCUT2D eigenvalue weighted by atomic mass is 10.1. The van der Waals surface area contributed by atoms with Gasteiger partial charge in [-0.05, 0) is 41.5 Å². The number of sulfonamides is 1. The first-order valence-electron chi connectivity index (χ1n) is 10.5. The normalized spacial score (nSPS) is 11.6. The number of aromatic nitrogens is 3. The zero-order valence-corrected chi connectivity index (χ0v) is 19.0. The van der Waals surface area contributed by atoms with Gasteiger partial charge in [-0.2, -0.15) is 5.10 Å². The van der Waals surface area contributed by atoms with E-state index < -0.39 is 10.0 Å². The molecule has 2 aromatic heterocycles. The molecule has 0 aliphatic carbocycles. The van der Waals surface area contributed by atoms with Crippen LogP contribution in [0.5, 0.6) is 0 Å². The average Bonchev–Trinajstić information content (AvgIpc) is 3.22. The number of anilines is 1. The molecule has 34 heavy (non-hydrogen) atoms. The quantitative estimate of drug-likeness (QED) is 0.380. The number of carbonyl (C=O) groups is 1. The van der Waals surface area contributed by atoms with Crippen LogP contribution in [0.3, 0.4) is 0 Å². The van der Waals surface area contributed by atoms with Crippen LogP contribution in [-0.4, -0.2) is 29.1 Å². The number of nitrogens with zero attached hydrogens (tertiary/aromatic N) is 3. The van der Waals surface area contributed by atoms with Gasteiger partial charge in [0, 0.05) is 41.5 Å². The van der Waals surface area contributed by atoms with Crippen molar-refractivity contribution in [2.45, 2.75) is 12.3 Å². The van der Waals surface area contributed by atoms with Crippen LogP contribution in [0.25, 0.3) is 17.3 Å². The maximum Gasteiger partial charge on any atom is 0.248 e. The van der Waals surface area contributed by atoms with Crippen molar-refractivity contribution in [3.8, 4) is 11.3 Å². The van der Waals surface area contributed by atoms with Gasteiger partial charge in [0.05, 0.1) is 12.3 Å². The molecule has 0 aliphatic heterocycles. The highest BCUT2D eigenvalue weighted by Crippen LogP contribution is 2.23. The molecule has 0 unspecified atom stereocenters. The third kappa shape index (κ3) is 6.47. The maximum atomic E-state index is 12.5. The van der Waals surface area contributed by atoms with Gasteiger partial charge in [0.15, 0.2) is 0 Å². The molecule has 2 heterocycles. The zero-order valence-electron chi connectivity index (χ0n) is 18.2. The summed E-state index contributed by atoms with van der Waals surface area (Å²) in [5, 5.41) is 12.5. The fourth-order valence-electron chi connectivity index (χ4n) is 3.40. The van der Waals surface area contributed by atoms with Crippen molar-refractivity contribution in [3.63, 3.8) is 0 Å². The van der Waals surface area contributed by atoms with Crippen molar-refractivity contribution in [1.29, 1.82) is 0 Å². The summed E-state index contributed by atoms with van der Waals surface area (Å²) in [6.45, 7) is 0.596. The Morgan fingerprint density at radius 2 is 1.76 bits per heavy atom. The minimum Gasteiger partial charge on any atom is -0.323 e. The van der Waals surface area contributed by atoms with Crippen molar-refractivity contribution < 1.29 is 13.2 Å². The van der Waals surface area contributed by atoms with Crippen LogP contribution in [0.4, 0.5) is 5.69 Å². The molecular weight excluding hydrogens is 450 g/mol. The minimum atomic E-state index is -3.61. The van der Waals surface area contributed by atoms with E-state index in [-0.39, 0.29) is 11.7 Å². The summed E-state index contributed by atoms with van der Waals surface area (Å²) in [5.74, 6) is -0.585. The molecule has 0 saturated heterocycles. The SMILES string of the molecule is NS(=O)(=O)Cc1ccc(NC(=O)C=Cc2cn(Cc3ccccc3)nc2-c2cccnc2)cc1. The van der Waals surface area contributed by atoms with E-state index in [4.69, 9.17) is 10.2 Å². The first-order valence-corrected chi connectivity index (χ1v) is 12.2. The smallest absolute Gasteiger partial charge is 0.248 e. The Hall–Kier alpha value is -4.08. The van der Waals surface area contributed by atoms with Crippen LogP contribution >= 0.6 is 0 Å². The lowest BCUT2D eigenvalue weighted by Crippen LogP contribution is -2.14. The summed E-state index contributed by atoms with van der Waals surface area (Å²) in [7, 11) is -3.61. The second kappa shape index (κ2) is 10.2. The van der Waals surface area contributed by atoms with Crippen LogP contribution in [0.1, 0.15) is 16.7 Å². The first kappa shape index (κ1) is 23.1. The van der Waals surface area contributed by atoms with Crippen LogP contribution in [0.15, 0.2) is 91.4 Å². The highest BCUT2D eigenvalue weighted by Gasteiger charge is 2.11. The maximum absolute atomic E-state index is 12.5. The predicted molar refractivity (Wildman–Crippen MR) is 132 cm³/mol. The van der Waals surface area contributed by atoms with E-state index in [1.165, 1.54) is 6.08 Å². The van der Waals surface area contributed by atoms with E-state index in [1.807, 2.05) is 53.3 Å². The highest BCUT2D eigenvalue weighted by molar-refractivity contribution is 7.88. The molecule has 0 aliphatic rings. The van der Waals surface area contributed by atoms with E-state index in [0.29, 0.717) is 17.8 Å². The topological polar surface area (TPSA) is 120 Å². The number of rotatable bonds is 8. The summed E-state index contributed by atoms with van der Waals surface area (Å²) in [6.07, 6.45) is 8.46. The fourth-order valence-corrected chi connectivity index (χ4v) is 4.06. The molecule has 0 bridgehead atoms. The van der Waals surface area contributed by atoms with E-state index >= 15 is 0 Å². The number of amides is 1. The molecule has 1 amide bonds. The van der Waals surface area contributed by atoms with Crippen molar-refractivity contribution >= 4 is 27.7 Å². The fraction of sp³-hybridized carbons (Fsp3) is 0.0800. The summed E-state index contributed by atoms with van der Waals surface area (Å²) in [5.41, 5.74) is 4.55. The van der Waals surface area contributed by atoms with E-state index in [2.05, 4.69) is 10.3 Å². The summed E-state index contributed by atoms with van der Waals surface area (Å²) >= 11 is 0. The Balaban J connectivity index is 1.51. The number of benzene rings is 2. The largest absolute Gasteiger partial charge is 0.323 e. The molecule has 0 radical (unpaired) electrons. The predicted octanol–water partition coefficient (Wildman–Crippen LogP) is 3.43. The molecule has 0 atom stereocenters. The highest BCUT2D eigenvalue weighted by atomic mass is 32.2. The third-order valence-corrected chi connectivity index (χ3v) is 5.65. The lowest BCUT2D eigenvalue weighted by Gasteiger charge is -2.04. The third-order valence-electron chi connectivity index (χ3n) is 4.92. The van der Waals surface area contributed by atoms with Crippen molar-refractivity contribution in [2.24, 2.45) is 5.14 Å². The van der Waals surface area contributed by atoms with Gasteiger partial charge in [0.25, 0.3) is 0 Å². The molecule has 9 heteroatoms. The van der Waals surface area contributed by atoms with Gasteiger partial charge in [-0.15, -0.1) is 0 Å². The first-order chi connectivity index (χ1) is 16.4. The second-order valence-corrected chi connectivity index (χ2v) is 9.30. The van der Waals surface area contributed by atoms with Gasteiger partial charge in [0.1, 0.15) is 5.69 Å². The molecular formula is C25H23N5O3S. The van der Waals surface area contributed by atoms with E-state index in [9.17, 15) is 13.2 Å². The number of primary sulfonamides is 1. The second-order valence-electron chi connectivity index (χ2n) is 7.68. The van der Waals surface area contributed by atoms with E-state index in [0.717, 1.165) is 22.4 Å². The number of nitrogens with two attached hydrogens (primary N) is 1. The van der Waals surface area contributed by atoms with Crippen molar-refractivity contribution in [3.05, 3.63) is 108 Å². The van der Waals surface area contributed by atoms with Crippen molar-refractivity contribution in [1.82, 2.24) is 14.8 Å². The number of nitrogens with one attached hydrogen (secondary N) is 1. The Kier molecular flexibility index (Phi) is 6.95. The van der Waals surface area contributed by atoms with Gasteiger partial charge >= 0.3 is 0 Å². The molecule has 4 aromatic rings. The Morgan fingerprint density at radius 1 is 1.00 bits per heavy atom. The van der Waals surface area contributed by atoms with Gasteiger partial charge in [-0.1, -0.05) is 42.5 Å². The average molecular weight is 474 g/mol. The summed E-state index contributed by atoms with van der Waals surface area (Å²) in [6, 6.07) is 20.2. The van der Waals surface area contributed by atoms with Gasteiger partial charge in [-0.25, -0.2) is 13.6 Å². The molecule has 2 aromatic carbocycles. The Labute approximate surface area is 197 Å². The van der Waals surface area contributed by atoms with Crippen LogP contribution in [0.2, 0.25) is 0 Å². The standard InChI is InChI=1S/C25H23N5O3S/c26-34(32,33)18-20-8-11-23(12-9-20)28-24(31)13-10-22-17-30(16-19-5-2-1-3-6-19)29-25(22)21-7-4-14-27-15-21/h1-15,17H,16,18H2,(H,28,31)(H2,26,32,33). The van der Waals surface area contributed by atoms with Crippen molar-refractivity contribution in [2.75, 3.05) is 5.32 Å².